The number of piperazine rings is 1. The summed E-state index contributed by atoms with van der Waals surface area (Å²) in [6, 6.07) is 10.8. The molecule has 3 heterocycles. The van der Waals surface area contributed by atoms with Crippen LogP contribution in [0.1, 0.15) is 57.6 Å². The number of nitrogen functional groups attached to an aromatic ring is 1. The van der Waals surface area contributed by atoms with Gasteiger partial charge in [0, 0.05) is 49.2 Å². The molecule has 3 N–H and O–H groups in total. The quantitative estimate of drug-likeness (QED) is 0.237. The number of anilines is 2. The number of amides is 1. The van der Waals surface area contributed by atoms with Gasteiger partial charge in [-0.1, -0.05) is 49.7 Å². The van der Waals surface area contributed by atoms with Gasteiger partial charge in [0.05, 0.1) is 23.3 Å². The molecule has 0 radical (unpaired) electrons. The number of benzene rings is 2. The Balaban J connectivity index is 1.40. The van der Waals surface area contributed by atoms with Gasteiger partial charge in [0.1, 0.15) is 34.3 Å². The molecule has 2 aromatic heterocycles. The number of nitrogens with zero attached hydrogens (tertiary/aromatic N) is 5. The van der Waals surface area contributed by atoms with Crippen LogP contribution in [0.25, 0.3) is 16.8 Å². The van der Waals surface area contributed by atoms with Crippen LogP contribution in [0.2, 0.25) is 5.02 Å². The smallest absolute Gasteiger partial charge is 0.410 e. The predicted octanol–water partition coefficient (Wildman–Crippen LogP) is 5.89. The van der Waals surface area contributed by atoms with Gasteiger partial charge in [-0.25, -0.2) is 27.6 Å². The SMILES string of the molecule is CC(C)c1nc(-c2ccc(NS(=O)(=O)Cc3ccccc3Cl)c(F)c2)c2c(N)ncc(CN3CCN(C(=O)OC(C)(C)C)CC3)n12. The van der Waals surface area contributed by atoms with E-state index in [0.717, 1.165) is 11.5 Å². The van der Waals surface area contributed by atoms with Crippen molar-refractivity contribution in [3.63, 3.8) is 0 Å². The van der Waals surface area contributed by atoms with E-state index in [0.29, 0.717) is 60.1 Å². The number of fused-ring (bicyclic) bond motifs is 1. The maximum absolute atomic E-state index is 15.4. The van der Waals surface area contributed by atoms with Gasteiger partial charge in [0.25, 0.3) is 0 Å². The molecule has 1 aliphatic heterocycles. The number of halogens is 2. The van der Waals surface area contributed by atoms with Gasteiger partial charge < -0.3 is 15.4 Å². The van der Waals surface area contributed by atoms with Crippen molar-refractivity contribution in [2.24, 2.45) is 0 Å². The van der Waals surface area contributed by atoms with E-state index in [1.807, 2.05) is 39.0 Å². The Kier molecular flexibility index (Phi) is 9.48. The van der Waals surface area contributed by atoms with Crippen LogP contribution in [0.15, 0.2) is 48.7 Å². The zero-order valence-electron chi connectivity index (χ0n) is 26.5. The number of aromatic nitrogens is 3. The third-order valence-corrected chi connectivity index (χ3v) is 9.11. The van der Waals surface area contributed by atoms with Crippen molar-refractivity contribution < 1.29 is 22.3 Å². The highest BCUT2D eigenvalue weighted by Gasteiger charge is 2.28. The first-order valence-corrected chi connectivity index (χ1v) is 17.0. The van der Waals surface area contributed by atoms with Crippen molar-refractivity contribution >= 4 is 44.7 Å². The molecule has 0 spiro atoms. The fourth-order valence-corrected chi connectivity index (χ4v) is 6.86. The van der Waals surface area contributed by atoms with Gasteiger partial charge in [-0.2, -0.15) is 0 Å². The van der Waals surface area contributed by atoms with E-state index in [9.17, 15) is 13.2 Å². The number of ether oxygens (including phenoxy) is 1. The minimum absolute atomic E-state index is 0.00782. The normalized spacial score (nSPS) is 14.7. The zero-order chi connectivity index (χ0) is 33.4. The molecule has 0 aliphatic carbocycles. The maximum atomic E-state index is 15.4. The molecule has 1 aliphatic rings. The van der Waals surface area contributed by atoms with Gasteiger partial charge >= 0.3 is 6.09 Å². The van der Waals surface area contributed by atoms with Crippen LogP contribution in [-0.2, 0) is 27.1 Å². The zero-order valence-corrected chi connectivity index (χ0v) is 28.1. The Hall–Kier alpha value is -3.94. The fourth-order valence-electron chi connectivity index (χ4n) is 5.34. The second-order valence-electron chi connectivity index (χ2n) is 12.7. The van der Waals surface area contributed by atoms with Gasteiger partial charge in [-0.05, 0) is 44.5 Å². The van der Waals surface area contributed by atoms with Crippen LogP contribution in [0.5, 0.6) is 0 Å². The monoisotopic (exact) mass is 671 g/mol. The molecule has 11 nitrogen and oxygen atoms in total. The first-order chi connectivity index (χ1) is 21.6. The predicted molar refractivity (Wildman–Crippen MR) is 178 cm³/mol. The van der Waals surface area contributed by atoms with Crippen molar-refractivity contribution in [1.29, 1.82) is 0 Å². The second-order valence-corrected chi connectivity index (χ2v) is 14.8. The Labute approximate surface area is 273 Å². The molecule has 46 heavy (non-hydrogen) atoms. The highest BCUT2D eigenvalue weighted by atomic mass is 35.5. The number of hydrogen-bond acceptors (Lipinski definition) is 8. The molecule has 246 valence electrons. The Morgan fingerprint density at radius 3 is 2.46 bits per heavy atom. The molecule has 0 saturated carbocycles. The van der Waals surface area contributed by atoms with Crippen molar-refractivity contribution in [2.75, 3.05) is 36.6 Å². The van der Waals surface area contributed by atoms with Crippen molar-refractivity contribution in [3.8, 4) is 11.3 Å². The minimum Gasteiger partial charge on any atom is -0.444 e. The average Bonchev–Trinajstić information content (AvgIpc) is 3.38. The molecule has 0 bridgehead atoms. The first-order valence-electron chi connectivity index (χ1n) is 15.0. The molecular formula is C32H39ClFN7O4S. The highest BCUT2D eigenvalue weighted by Crippen LogP contribution is 2.34. The molecule has 1 saturated heterocycles. The van der Waals surface area contributed by atoms with Crippen molar-refractivity contribution in [1.82, 2.24) is 24.2 Å². The molecule has 0 unspecified atom stereocenters. The topological polar surface area (TPSA) is 135 Å². The standard InChI is InChI=1S/C32H39ClFN7O4S/c1-20(2)30-37-27(21-10-11-26(25(34)16-21)38-46(43,44)19-22-8-6-7-9-24(22)33)28-29(35)36-17-23(41(28)30)18-39-12-14-40(15-13-39)31(42)45-32(3,4)5/h6-11,16-17,20,38H,12-15,18-19H2,1-5H3,(H2,35,36). The number of imidazole rings is 1. The molecule has 0 atom stereocenters. The molecule has 1 fully saturated rings. The fraction of sp³-hybridized carbons (Fsp3) is 0.406. The lowest BCUT2D eigenvalue weighted by molar-refractivity contribution is 0.0137. The summed E-state index contributed by atoms with van der Waals surface area (Å²) in [6.45, 7) is 12.4. The Morgan fingerprint density at radius 2 is 1.83 bits per heavy atom. The van der Waals surface area contributed by atoms with E-state index in [2.05, 4.69) is 14.6 Å². The lowest BCUT2D eigenvalue weighted by atomic mass is 10.1. The van der Waals surface area contributed by atoms with Gasteiger partial charge in [0.2, 0.25) is 10.0 Å². The summed E-state index contributed by atoms with van der Waals surface area (Å²) in [6.07, 6.45) is 1.40. The largest absolute Gasteiger partial charge is 0.444 e. The number of carbonyl (C=O) groups excluding carboxylic acids is 1. The third-order valence-electron chi connectivity index (χ3n) is 7.52. The summed E-state index contributed by atoms with van der Waals surface area (Å²) in [7, 11) is -3.95. The van der Waals surface area contributed by atoms with Gasteiger partial charge in [-0.3, -0.25) is 14.0 Å². The van der Waals surface area contributed by atoms with E-state index in [4.69, 9.17) is 27.1 Å². The lowest BCUT2D eigenvalue weighted by Crippen LogP contribution is -2.49. The van der Waals surface area contributed by atoms with E-state index < -0.39 is 27.2 Å². The van der Waals surface area contributed by atoms with Gasteiger partial charge in [0.15, 0.2) is 0 Å². The van der Waals surface area contributed by atoms with Crippen LogP contribution in [0, 0.1) is 5.82 Å². The summed E-state index contributed by atoms with van der Waals surface area (Å²) in [5, 5.41) is 0.310. The molecule has 14 heteroatoms. The van der Waals surface area contributed by atoms with Crippen LogP contribution >= 0.6 is 11.6 Å². The number of hydrogen-bond donors (Lipinski definition) is 2. The van der Waals surface area contributed by atoms with Crippen LogP contribution in [-0.4, -0.2) is 70.5 Å². The first kappa shape index (κ1) is 33.4. The summed E-state index contributed by atoms with van der Waals surface area (Å²) in [4.78, 5) is 25.8. The molecule has 1 amide bonds. The summed E-state index contributed by atoms with van der Waals surface area (Å²) < 4.78 is 50.9. The van der Waals surface area contributed by atoms with E-state index in [-0.39, 0.29) is 23.5 Å². The van der Waals surface area contributed by atoms with Crippen LogP contribution in [0.3, 0.4) is 0 Å². The minimum atomic E-state index is -3.95. The molecule has 4 aromatic rings. The number of carbonyl (C=O) groups is 1. The number of nitrogens with two attached hydrogens (primary N) is 1. The van der Waals surface area contributed by atoms with E-state index >= 15 is 4.39 Å². The number of nitrogens with one attached hydrogen (secondary N) is 1. The summed E-state index contributed by atoms with van der Waals surface area (Å²) >= 11 is 6.13. The highest BCUT2D eigenvalue weighted by molar-refractivity contribution is 7.91. The van der Waals surface area contributed by atoms with Crippen LogP contribution in [0.4, 0.5) is 20.7 Å². The van der Waals surface area contributed by atoms with E-state index in [1.165, 1.54) is 12.1 Å². The molecule has 2 aromatic carbocycles. The number of rotatable bonds is 8. The van der Waals surface area contributed by atoms with Crippen molar-refractivity contribution in [3.05, 3.63) is 76.6 Å². The summed E-state index contributed by atoms with van der Waals surface area (Å²) in [5.41, 5.74) is 8.32. The average molecular weight is 672 g/mol. The Morgan fingerprint density at radius 1 is 1.13 bits per heavy atom. The van der Waals surface area contributed by atoms with Crippen LogP contribution < -0.4 is 10.5 Å². The number of sulfonamides is 1. The van der Waals surface area contributed by atoms with Crippen molar-refractivity contribution in [2.45, 2.75) is 58.4 Å². The van der Waals surface area contributed by atoms with Gasteiger partial charge in [-0.15, -0.1) is 0 Å². The third kappa shape index (κ3) is 7.54. The van der Waals surface area contributed by atoms with E-state index in [1.54, 1.807) is 41.4 Å². The summed E-state index contributed by atoms with van der Waals surface area (Å²) in [5.74, 6) is -0.216. The maximum Gasteiger partial charge on any atom is 0.410 e. The lowest BCUT2D eigenvalue weighted by Gasteiger charge is -2.35. The molecular weight excluding hydrogens is 633 g/mol. The Bertz CT molecular complexity index is 1870. The second kappa shape index (κ2) is 13.0. The molecule has 5 rings (SSSR count).